The van der Waals surface area contributed by atoms with Gasteiger partial charge in [0, 0.05) is 5.69 Å². The lowest BCUT2D eigenvalue weighted by molar-refractivity contribution is -0.141. The van der Waals surface area contributed by atoms with Crippen molar-refractivity contribution in [2.45, 2.75) is 26.7 Å². The minimum absolute atomic E-state index is 0.274. The second-order valence-electron chi connectivity index (χ2n) is 4.53. The largest absolute Gasteiger partial charge is 0.481 e. The summed E-state index contributed by atoms with van der Waals surface area (Å²) in [5.74, 6) is -0.623. The van der Waals surface area contributed by atoms with Gasteiger partial charge in [0.1, 0.15) is 0 Å². The van der Waals surface area contributed by atoms with Crippen molar-refractivity contribution < 1.29 is 9.90 Å². The van der Waals surface area contributed by atoms with Crippen molar-refractivity contribution in [1.82, 2.24) is 0 Å². The first-order chi connectivity index (χ1) is 7.49. The van der Waals surface area contributed by atoms with E-state index in [1.165, 1.54) is 5.56 Å². The number of nitrogens with two attached hydrogens (primary N) is 1. The van der Waals surface area contributed by atoms with E-state index in [9.17, 15) is 4.79 Å². The van der Waals surface area contributed by atoms with Gasteiger partial charge in [-0.3, -0.25) is 4.79 Å². The highest BCUT2D eigenvalue weighted by atomic mass is 16.4. The van der Waals surface area contributed by atoms with Crippen LogP contribution in [0.25, 0.3) is 0 Å². The Bertz CT molecular complexity index is 345. The van der Waals surface area contributed by atoms with Crippen molar-refractivity contribution in [3.05, 3.63) is 29.8 Å². The third-order valence-electron chi connectivity index (χ3n) is 2.74. The molecule has 0 saturated heterocycles. The maximum atomic E-state index is 10.7. The first-order valence-corrected chi connectivity index (χ1v) is 5.56. The molecule has 3 N–H and O–H groups in total. The van der Waals surface area contributed by atoms with Crippen LogP contribution in [0.5, 0.6) is 0 Å². The van der Waals surface area contributed by atoms with Gasteiger partial charge in [0.15, 0.2) is 0 Å². The Morgan fingerprint density at radius 1 is 1.31 bits per heavy atom. The van der Waals surface area contributed by atoms with E-state index in [1.807, 2.05) is 24.3 Å². The van der Waals surface area contributed by atoms with Gasteiger partial charge in [-0.1, -0.05) is 26.0 Å². The van der Waals surface area contributed by atoms with E-state index in [0.717, 1.165) is 12.1 Å². The van der Waals surface area contributed by atoms with Gasteiger partial charge in [-0.2, -0.15) is 0 Å². The zero-order valence-electron chi connectivity index (χ0n) is 9.81. The number of hydrogen-bond donors (Lipinski definition) is 2. The van der Waals surface area contributed by atoms with Gasteiger partial charge in [-0.05, 0) is 36.5 Å². The van der Waals surface area contributed by atoms with E-state index in [1.54, 1.807) is 6.92 Å². The Morgan fingerprint density at radius 3 is 2.38 bits per heavy atom. The van der Waals surface area contributed by atoms with Gasteiger partial charge in [-0.25, -0.2) is 0 Å². The van der Waals surface area contributed by atoms with E-state index in [-0.39, 0.29) is 5.92 Å². The van der Waals surface area contributed by atoms with Crippen molar-refractivity contribution in [3.63, 3.8) is 0 Å². The molecule has 16 heavy (non-hydrogen) atoms. The highest BCUT2D eigenvalue weighted by molar-refractivity contribution is 5.69. The highest BCUT2D eigenvalue weighted by Crippen LogP contribution is 2.18. The molecule has 0 aliphatic rings. The van der Waals surface area contributed by atoms with Crippen molar-refractivity contribution in [1.29, 1.82) is 0 Å². The second kappa shape index (κ2) is 5.54. The van der Waals surface area contributed by atoms with E-state index in [0.29, 0.717) is 12.3 Å². The summed E-state index contributed by atoms with van der Waals surface area (Å²) in [6.45, 7) is 3.83. The van der Waals surface area contributed by atoms with Crippen molar-refractivity contribution in [2.24, 2.45) is 11.8 Å². The molecule has 0 spiro atoms. The molecule has 0 saturated carbocycles. The maximum Gasteiger partial charge on any atom is 0.306 e. The lowest BCUT2D eigenvalue weighted by Gasteiger charge is -2.14. The van der Waals surface area contributed by atoms with Gasteiger partial charge in [0.05, 0.1) is 5.92 Å². The minimum atomic E-state index is -0.718. The fourth-order valence-electron chi connectivity index (χ4n) is 1.84. The number of carboxylic acids is 1. The molecule has 0 radical (unpaired) electrons. The van der Waals surface area contributed by atoms with Crippen molar-refractivity contribution in [2.75, 3.05) is 5.73 Å². The summed E-state index contributed by atoms with van der Waals surface area (Å²) in [4.78, 5) is 10.7. The Balaban J connectivity index is 2.48. The Kier molecular flexibility index (Phi) is 4.35. The zero-order valence-corrected chi connectivity index (χ0v) is 9.81. The van der Waals surface area contributed by atoms with Crippen LogP contribution in [0.3, 0.4) is 0 Å². The number of carboxylic acid groups (broad SMARTS) is 1. The first-order valence-electron chi connectivity index (χ1n) is 5.56. The molecule has 0 aliphatic heterocycles. The summed E-state index contributed by atoms with van der Waals surface area (Å²) < 4.78 is 0. The molecule has 0 heterocycles. The molecule has 2 atom stereocenters. The number of carbonyl (C=O) groups is 1. The van der Waals surface area contributed by atoms with Gasteiger partial charge < -0.3 is 10.8 Å². The Morgan fingerprint density at radius 2 is 1.88 bits per heavy atom. The number of nitrogen functional groups attached to an aromatic ring is 1. The van der Waals surface area contributed by atoms with Crippen LogP contribution in [-0.4, -0.2) is 11.1 Å². The second-order valence-corrected chi connectivity index (χ2v) is 4.53. The van der Waals surface area contributed by atoms with Crippen LogP contribution < -0.4 is 5.73 Å². The fourth-order valence-corrected chi connectivity index (χ4v) is 1.84. The van der Waals surface area contributed by atoms with Crippen LogP contribution in [0.2, 0.25) is 0 Å². The molecule has 0 aliphatic carbocycles. The molecule has 0 fully saturated rings. The average Bonchev–Trinajstić information content (AvgIpc) is 2.21. The van der Waals surface area contributed by atoms with Gasteiger partial charge >= 0.3 is 5.97 Å². The van der Waals surface area contributed by atoms with Gasteiger partial charge in [0.2, 0.25) is 0 Å². The van der Waals surface area contributed by atoms with Gasteiger partial charge in [-0.15, -0.1) is 0 Å². The summed E-state index contributed by atoms with van der Waals surface area (Å²) in [6, 6.07) is 7.75. The molecule has 0 bridgehead atoms. The molecule has 1 aromatic rings. The molecule has 0 amide bonds. The van der Waals surface area contributed by atoms with Crippen molar-refractivity contribution in [3.8, 4) is 0 Å². The number of benzene rings is 1. The average molecular weight is 221 g/mol. The smallest absolute Gasteiger partial charge is 0.306 e. The van der Waals surface area contributed by atoms with E-state index in [2.05, 4.69) is 6.92 Å². The molecule has 0 aromatic heterocycles. The van der Waals surface area contributed by atoms with Crippen molar-refractivity contribution >= 4 is 11.7 Å². The molecule has 1 unspecified atom stereocenters. The molecular formula is C13H19NO2. The van der Waals surface area contributed by atoms with Gasteiger partial charge in [0.25, 0.3) is 0 Å². The fraction of sp³-hybridized carbons (Fsp3) is 0.462. The van der Waals surface area contributed by atoms with Crippen LogP contribution >= 0.6 is 0 Å². The molecule has 88 valence electrons. The predicted octanol–water partition coefficient (Wildman–Crippen LogP) is 2.56. The standard InChI is InChI=1S/C13H19NO2/c1-9(7-10(2)13(15)16)8-11-3-5-12(14)6-4-11/h3-6,9-10H,7-8,14H2,1-2H3,(H,15,16)/t9-,10?/m1/s1. The quantitative estimate of drug-likeness (QED) is 0.751. The lowest BCUT2D eigenvalue weighted by atomic mass is 9.92. The summed E-state index contributed by atoms with van der Waals surface area (Å²) in [7, 11) is 0. The summed E-state index contributed by atoms with van der Waals surface area (Å²) in [5.41, 5.74) is 7.57. The molecule has 3 nitrogen and oxygen atoms in total. The summed E-state index contributed by atoms with van der Waals surface area (Å²) in [5, 5.41) is 8.82. The Labute approximate surface area is 96.3 Å². The number of aliphatic carboxylic acids is 1. The summed E-state index contributed by atoms with van der Waals surface area (Å²) in [6.07, 6.45) is 1.61. The third-order valence-corrected chi connectivity index (χ3v) is 2.74. The number of hydrogen-bond acceptors (Lipinski definition) is 2. The topological polar surface area (TPSA) is 63.3 Å². The number of anilines is 1. The normalized spacial score (nSPS) is 14.4. The molecule has 1 aromatic carbocycles. The SMILES string of the molecule is CC(C[C@@H](C)Cc1ccc(N)cc1)C(=O)O. The van der Waals surface area contributed by atoms with Crippen LogP contribution in [0.1, 0.15) is 25.8 Å². The predicted molar refractivity (Wildman–Crippen MR) is 65.1 cm³/mol. The van der Waals surface area contributed by atoms with Crippen LogP contribution in [0, 0.1) is 11.8 Å². The van der Waals surface area contributed by atoms with E-state index in [4.69, 9.17) is 10.8 Å². The highest BCUT2D eigenvalue weighted by Gasteiger charge is 2.15. The third kappa shape index (κ3) is 3.93. The summed E-state index contributed by atoms with van der Waals surface area (Å²) >= 11 is 0. The lowest BCUT2D eigenvalue weighted by Crippen LogP contribution is -2.14. The maximum absolute atomic E-state index is 10.7. The van der Waals surface area contributed by atoms with Crippen LogP contribution in [-0.2, 0) is 11.2 Å². The zero-order chi connectivity index (χ0) is 12.1. The number of rotatable bonds is 5. The molecular weight excluding hydrogens is 202 g/mol. The van der Waals surface area contributed by atoms with Crippen LogP contribution in [0.4, 0.5) is 5.69 Å². The van der Waals surface area contributed by atoms with Crippen LogP contribution in [0.15, 0.2) is 24.3 Å². The molecule has 3 heteroatoms. The van der Waals surface area contributed by atoms with E-state index >= 15 is 0 Å². The van der Waals surface area contributed by atoms with E-state index < -0.39 is 5.97 Å². The monoisotopic (exact) mass is 221 g/mol. The molecule has 1 rings (SSSR count). The minimum Gasteiger partial charge on any atom is -0.481 e. The first kappa shape index (κ1) is 12.6. The Hall–Kier alpha value is -1.51.